The summed E-state index contributed by atoms with van der Waals surface area (Å²) >= 11 is 4.95. The van der Waals surface area contributed by atoms with Crippen molar-refractivity contribution in [3.63, 3.8) is 0 Å². The first-order chi connectivity index (χ1) is 10.5. The monoisotopic (exact) mass is 322 g/mol. The summed E-state index contributed by atoms with van der Waals surface area (Å²) in [5, 5.41) is 9.59. The van der Waals surface area contributed by atoms with Crippen molar-refractivity contribution in [3.8, 4) is 0 Å². The molecule has 3 rings (SSSR count). The van der Waals surface area contributed by atoms with Crippen LogP contribution in [0.5, 0.6) is 0 Å². The number of morpholine rings is 1. The molecule has 1 amide bonds. The molecule has 0 aliphatic carbocycles. The Labute approximate surface area is 132 Å². The van der Waals surface area contributed by atoms with Crippen molar-refractivity contribution >= 4 is 29.2 Å². The molecular weight excluding hydrogens is 304 g/mol. The van der Waals surface area contributed by atoms with Crippen LogP contribution in [0.2, 0.25) is 0 Å². The van der Waals surface area contributed by atoms with Gasteiger partial charge < -0.3 is 24.1 Å². The van der Waals surface area contributed by atoms with Gasteiger partial charge in [0.25, 0.3) is 10.7 Å². The Morgan fingerprint density at radius 1 is 1.59 bits per heavy atom. The summed E-state index contributed by atoms with van der Waals surface area (Å²) in [6, 6.07) is 5.11. The number of ether oxygens (including phenoxy) is 1. The second-order valence-corrected chi connectivity index (χ2v) is 5.91. The maximum absolute atomic E-state index is 12.8. The first-order valence-electron chi connectivity index (χ1n) is 7.24. The molecule has 1 saturated heterocycles. The number of nitrogens with zero attached hydrogens (tertiary/aromatic N) is 1. The van der Waals surface area contributed by atoms with Crippen LogP contribution in [0.3, 0.4) is 0 Å². The van der Waals surface area contributed by atoms with Crippen LogP contribution in [0.15, 0.2) is 22.6 Å². The minimum atomic E-state index is -0.480. The van der Waals surface area contributed by atoms with E-state index in [0.29, 0.717) is 37.3 Å². The third-order valence-electron chi connectivity index (χ3n) is 3.77. The van der Waals surface area contributed by atoms with E-state index in [1.165, 1.54) is 0 Å². The van der Waals surface area contributed by atoms with Gasteiger partial charge in [0.15, 0.2) is 5.58 Å². The van der Waals surface area contributed by atoms with Gasteiger partial charge in [-0.2, -0.15) is 0 Å². The number of amides is 1. The topological polar surface area (TPSA) is 78.7 Å². The first-order valence-corrected chi connectivity index (χ1v) is 7.65. The third-order valence-corrected chi connectivity index (χ3v) is 3.95. The number of nitrogens with one attached hydrogen (secondary N) is 1. The number of fused-ring (bicyclic) bond motifs is 1. The minimum absolute atomic E-state index is 0.0850. The Hall–Kier alpha value is -1.70. The molecule has 22 heavy (non-hydrogen) atoms. The Kier molecular flexibility index (Phi) is 4.28. The van der Waals surface area contributed by atoms with Crippen LogP contribution in [0, 0.1) is 4.84 Å². The molecule has 0 spiro atoms. The van der Waals surface area contributed by atoms with Crippen LogP contribution in [-0.4, -0.2) is 52.8 Å². The Balaban J connectivity index is 1.87. The zero-order valence-corrected chi connectivity index (χ0v) is 13.1. The number of aromatic nitrogens is 1. The van der Waals surface area contributed by atoms with E-state index in [1.807, 2.05) is 0 Å². The number of hydrogen-bond acceptors (Lipinski definition) is 5. The zero-order valence-electron chi connectivity index (χ0n) is 12.2. The number of benzene rings is 1. The molecule has 6 nitrogen and oxygen atoms in total. The van der Waals surface area contributed by atoms with E-state index in [9.17, 15) is 9.90 Å². The Morgan fingerprint density at radius 3 is 3.18 bits per heavy atom. The summed E-state index contributed by atoms with van der Waals surface area (Å²) in [5.41, 5.74) is 1.88. The molecule has 0 saturated carbocycles. The fraction of sp³-hybridized carbons (Fsp3) is 0.467. The number of aromatic amines is 1. The fourth-order valence-electron chi connectivity index (χ4n) is 2.76. The van der Waals surface area contributed by atoms with Crippen molar-refractivity contribution in [3.05, 3.63) is 28.6 Å². The summed E-state index contributed by atoms with van der Waals surface area (Å²) in [5.74, 6) is -0.0850. The molecule has 1 fully saturated rings. The molecule has 2 aromatic rings. The van der Waals surface area contributed by atoms with E-state index in [4.69, 9.17) is 21.4 Å². The summed E-state index contributed by atoms with van der Waals surface area (Å²) in [7, 11) is 0. The number of carbonyl (C=O) groups excluding carboxylic acids is 1. The van der Waals surface area contributed by atoms with Crippen LogP contribution in [0.4, 0.5) is 0 Å². The standard InChI is InChI=1S/C15H18N2O4S/c1-9(18)6-11-8-20-5-4-17(11)14(19)10-2-3-12-13(7-10)21-15(22)16-12/h2-3,7,9,11,18H,4-6,8H2,1H3,(H,16,22). The lowest BCUT2D eigenvalue weighted by Crippen LogP contribution is -2.49. The van der Waals surface area contributed by atoms with Crippen molar-refractivity contribution in [1.82, 2.24) is 9.88 Å². The highest BCUT2D eigenvalue weighted by atomic mass is 32.1. The second kappa shape index (κ2) is 6.20. The number of rotatable bonds is 3. The highest BCUT2D eigenvalue weighted by Crippen LogP contribution is 2.20. The maximum Gasteiger partial charge on any atom is 0.266 e. The molecule has 0 radical (unpaired) electrons. The van der Waals surface area contributed by atoms with Gasteiger partial charge in [-0.25, -0.2) is 0 Å². The van der Waals surface area contributed by atoms with Crippen molar-refractivity contribution in [2.24, 2.45) is 0 Å². The van der Waals surface area contributed by atoms with Crippen LogP contribution in [0.1, 0.15) is 23.7 Å². The molecule has 0 bridgehead atoms. The van der Waals surface area contributed by atoms with Crippen molar-refractivity contribution < 1.29 is 19.1 Å². The predicted molar refractivity (Wildman–Crippen MR) is 83.3 cm³/mol. The van der Waals surface area contributed by atoms with Crippen molar-refractivity contribution in [2.45, 2.75) is 25.5 Å². The summed E-state index contributed by atoms with van der Waals surface area (Å²) in [6.45, 7) is 3.19. The van der Waals surface area contributed by atoms with E-state index in [1.54, 1.807) is 30.0 Å². The van der Waals surface area contributed by atoms with E-state index in [2.05, 4.69) is 4.98 Å². The number of aliphatic hydroxyl groups excluding tert-OH is 1. The van der Waals surface area contributed by atoms with Gasteiger partial charge >= 0.3 is 0 Å². The van der Waals surface area contributed by atoms with Crippen LogP contribution < -0.4 is 0 Å². The number of aliphatic hydroxyl groups is 1. The van der Waals surface area contributed by atoms with Gasteiger partial charge in [-0.15, -0.1) is 0 Å². The number of oxazole rings is 1. The van der Waals surface area contributed by atoms with E-state index >= 15 is 0 Å². The first kappa shape index (κ1) is 15.2. The average molecular weight is 322 g/mol. The van der Waals surface area contributed by atoms with Gasteiger partial charge in [0.1, 0.15) is 0 Å². The summed E-state index contributed by atoms with van der Waals surface area (Å²) < 4.78 is 10.8. The molecule has 7 heteroatoms. The third kappa shape index (κ3) is 3.06. The normalized spacial score (nSPS) is 20.3. The Bertz CT molecular complexity index is 736. The molecule has 2 atom stereocenters. The number of hydrogen-bond donors (Lipinski definition) is 2. The molecule has 2 unspecified atom stereocenters. The Morgan fingerprint density at radius 2 is 2.41 bits per heavy atom. The number of carbonyl (C=O) groups is 1. The van der Waals surface area contributed by atoms with Gasteiger partial charge in [0.2, 0.25) is 0 Å². The molecule has 1 aromatic heterocycles. The van der Waals surface area contributed by atoms with Gasteiger partial charge in [-0.1, -0.05) is 0 Å². The SMILES string of the molecule is CC(O)CC1COCCN1C(=O)c1ccc2[nH]c(=S)oc2c1. The lowest BCUT2D eigenvalue weighted by Gasteiger charge is -2.36. The highest BCUT2D eigenvalue weighted by Gasteiger charge is 2.29. The fourth-order valence-corrected chi connectivity index (χ4v) is 2.96. The largest absolute Gasteiger partial charge is 0.429 e. The molecule has 1 aliphatic heterocycles. The molecular formula is C15H18N2O4S. The van der Waals surface area contributed by atoms with Crippen LogP contribution in [-0.2, 0) is 4.74 Å². The minimum Gasteiger partial charge on any atom is -0.429 e. The summed E-state index contributed by atoms with van der Waals surface area (Å²) in [6.07, 6.45) is 0.0191. The second-order valence-electron chi connectivity index (χ2n) is 5.54. The molecule has 1 aliphatic rings. The van der Waals surface area contributed by atoms with Gasteiger partial charge in [0.05, 0.1) is 30.9 Å². The predicted octanol–water partition coefficient (Wildman–Crippen LogP) is 2.10. The summed E-state index contributed by atoms with van der Waals surface area (Å²) in [4.78, 5) is 17.7. The maximum atomic E-state index is 12.8. The quantitative estimate of drug-likeness (QED) is 0.846. The van der Waals surface area contributed by atoms with Gasteiger partial charge in [-0.3, -0.25) is 4.79 Å². The average Bonchev–Trinajstić information content (AvgIpc) is 2.85. The highest BCUT2D eigenvalue weighted by molar-refractivity contribution is 7.71. The van der Waals surface area contributed by atoms with Crippen molar-refractivity contribution in [2.75, 3.05) is 19.8 Å². The van der Waals surface area contributed by atoms with E-state index in [0.717, 1.165) is 5.52 Å². The van der Waals surface area contributed by atoms with Crippen LogP contribution >= 0.6 is 12.2 Å². The van der Waals surface area contributed by atoms with E-state index in [-0.39, 0.29) is 16.8 Å². The zero-order chi connectivity index (χ0) is 15.7. The lowest BCUT2D eigenvalue weighted by atomic mass is 10.1. The van der Waals surface area contributed by atoms with E-state index < -0.39 is 6.10 Å². The molecule has 118 valence electrons. The van der Waals surface area contributed by atoms with Gasteiger partial charge in [0, 0.05) is 12.1 Å². The molecule has 2 N–H and O–H groups in total. The lowest BCUT2D eigenvalue weighted by molar-refractivity contribution is -0.0152. The smallest absolute Gasteiger partial charge is 0.266 e. The van der Waals surface area contributed by atoms with Gasteiger partial charge in [-0.05, 0) is 43.8 Å². The molecule has 2 heterocycles. The van der Waals surface area contributed by atoms with Crippen LogP contribution in [0.25, 0.3) is 11.1 Å². The molecule has 1 aromatic carbocycles. The van der Waals surface area contributed by atoms with Crippen molar-refractivity contribution in [1.29, 1.82) is 0 Å². The number of H-pyrrole nitrogens is 1.